The van der Waals surface area contributed by atoms with Crippen molar-refractivity contribution in [3.63, 3.8) is 0 Å². The Hall–Kier alpha value is -2.33. The third-order valence-corrected chi connectivity index (χ3v) is 4.58. The predicted octanol–water partition coefficient (Wildman–Crippen LogP) is 2.97. The summed E-state index contributed by atoms with van der Waals surface area (Å²) in [6.07, 6.45) is 1.21. The molecule has 2 aromatic rings. The largest absolute Gasteiger partial charge is 0.496 e. The van der Waals surface area contributed by atoms with E-state index < -0.39 is 11.4 Å². The summed E-state index contributed by atoms with van der Waals surface area (Å²) in [7, 11) is 1.66. The summed E-state index contributed by atoms with van der Waals surface area (Å²) in [5, 5.41) is 12.8. The highest BCUT2D eigenvalue weighted by molar-refractivity contribution is 5.76. The molecule has 0 radical (unpaired) electrons. The second-order valence-corrected chi connectivity index (χ2v) is 6.09. The molecule has 0 bridgehead atoms. The van der Waals surface area contributed by atoms with Crippen LogP contribution in [0.1, 0.15) is 12.0 Å². The molecule has 120 valence electrons. The first-order chi connectivity index (χ1) is 11.1. The topological polar surface area (TPSA) is 58.6 Å². The maximum absolute atomic E-state index is 11.7. The summed E-state index contributed by atoms with van der Waals surface area (Å²) in [6.45, 7) is 1.29. The maximum Gasteiger partial charge on any atom is 0.311 e. The van der Waals surface area contributed by atoms with Gasteiger partial charge in [0.2, 0.25) is 0 Å². The number of rotatable bonds is 5. The van der Waals surface area contributed by atoms with E-state index in [2.05, 4.69) is 11.4 Å². The first-order valence-electron chi connectivity index (χ1n) is 7.81. The number of para-hydroxylation sites is 1. The van der Waals surface area contributed by atoms with Gasteiger partial charge in [-0.05, 0) is 36.6 Å². The Labute approximate surface area is 136 Å². The SMILES string of the molecule is COc1ccccc1-c1cccc(C[C@]2(C(=O)O)CCNC2)c1. The molecule has 1 aliphatic heterocycles. The summed E-state index contributed by atoms with van der Waals surface area (Å²) in [6, 6.07) is 15.9. The number of hydrogen-bond donors (Lipinski definition) is 2. The van der Waals surface area contributed by atoms with Gasteiger partial charge in [0.25, 0.3) is 0 Å². The van der Waals surface area contributed by atoms with Crippen LogP contribution in [0.25, 0.3) is 11.1 Å². The molecule has 1 heterocycles. The lowest BCUT2D eigenvalue weighted by Crippen LogP contribution is -2.35. The number of carbonyl (C=O) groups is 1. The Bertz CT molecular complexity index is 705. The van der Waals surface area contributed by atoms with Crippen molar-refractivity contribution in [1.29, 1.82) is 0 Å². The van der Waals surface area contributed by atoms with E-state index in [4.69, 9.17) is 4.74 Å². The van der Waals surface area contributed by atoms with Crippen LogP contribution in [0.15, 0.2) is 48.5 Å². The van der Waals surface area contributed by atoms with Crippen molar-refractivity contribution in [2.75, 3.05) is 20.2 Å². The molecule has 1 aliphatic rings. The molecule has 0 spiro atoms. The molecule has 3 rings (SSSR count). The van der Waals surface area contributed by atoms with Gasteiger partial charge in [-0.15, -0.1) is 0 Å². The van der Waals surface area contributed by atoms with E-state index >= 15 is 0 Å². The van der Waals surface area contributed by atoms with E-state index in [0.717, 1.165) is 29.0 Å². The lowest BCUT2D eigenvalue weighted by Gasteiger charge is -2.23. The predicted molar refractivity (Wildman–Crippen MR) is 89.7 cm³/mol. The molecular weight excluding hydrogens is 290 g/mol. The van der Waals surface area contributed by atoms with Crippen LogP contribution in [-0.4, -0.2) is 31.3 Å². The van der Waals surface area contributed by atoms with Crippen LogP contribution in [0.5, 0.6) is 5.75 Å². The highest BCUT2D eigenvalue weighted by atomic mass is 16.5. The van der Waals surface area contributed by atoms with Gasteiger partial charge in [0, 0.05) is 12.1 Å². The monoisotopic (exact) mass is 311 g/mol. The van der Waals surface area contributed by atoms with E-state index in [9.17, 15) is 9.90 Å². The summed E-state index contributed by atoms with van der Waals surface area (Å²) < 4.78 is 5.43. The normalized spacial score (nSPS) is 20.4. The Morgan fingerprint density at radius 1 is 1.26 bits per heavy atom. The zero-order valence-corrected chi connectivity index (χ0v) is 13.2. The third-order valence-electron chi connectivity index (χ3n) is 4.58. The molecular formula is C19H21NO3. The molecule has 2 aromatic carbocycles. The van der Waals surface area contributed by atoms with E-state index in [1.807, 2.05) is 42.5 Å². The molecule has 1 atom stereocenters. The average molecular weight is 311 g/mol. The Morgan fingerprint density at radius 3 is 2.78 bits per heavy atom. The van der Waals surface area contributed by atoms with Crippen LogP contribution in [0.4, 0.5) is 0 Å². The van der Waals surface area contributed by atoms with Gasteiger partial charge in [0.1, 0.15) is 5.75 Å². The lowest BCUT2D eigenvalue weighted by molar-refractivity contribution is -0.147. The first-order valence-corrected chi connectivity index (χ1v) is 7.81. The second kappa shape index (κ2) is 6.42. The minimum Gasteiger partial charge on any atom is -0.496 e. The van der Waals surface area contributed by atoms with Gasteiger partial charge < -0.3 is 15.2 Å². The van der Waals surface area contributed by atoms with E-state index in [1.54, 1.807) is 7.11 Å². The highest BCUT2D eigenvalue weighted by Crippen LogP contribution is 2.34. The van der Waals surface area contributed by atoms with E-state index in [0.29, 0.717) is 19.4 Å². The summed E-state index contributed by atoms with van der Waals surface area (Å²) in [5.74, 6) is 0.102. The van der Waals surface area contributed by atoms with Crippen LogP contribution < -0.4 is 10.1 Å². The molecule has 2 N–H and O–H groups in total. The molecule has 1 saturated heterocycles. The zero-order chi connectivity index (χ0) is 16.3. The van der Waals surface area contributed by atoms with Crippen LogP contribution in [0, 0.1) is 5.41 Å². The molecule has 4 nitrogen and oxygen atoms in total. The van der Waals surface area contributed by atoms with Gasteiger partial charge in [0.05, 0.1) is 12.5 Å². The summed E-state index contributed by atoms with van der Waals surface area (Å²) in [5.41, 5.74) is 2.41. The van der Waals surface area contributed by atoms with Crippen molar-refractivity contribution in [2.24, 2.45) is 5.41 Å². The number of benzene rings is 2. The van der Waals surface area contributed by atoms with Crippen LogP contribution in [0.3, 0.4) is 0 Å². The number of ether oxygens (including phenoxy) is 1. The average Bonchev–Trinajstić information content (AvgIpc) is 3.05. The highest BCUT2D eigenvalue weighted by Gasteiger charge is 2.41. The number of carboxylic acid groups (broad SMARTS) is 1. The molecule has 0 unspecified atom stereocenters. The summed E-state index contributed by atoms with van der Waals surface area (Å²) in [4.78, 5) is 11.7. The minimum absolute atomic E-state index is 0.529. The number of methoxy groups -OCH3 is 1. The molecule has 0 aromatic heterocycles. The molecule has 0 aliphatic carbocycles. The van der Waals surface area contributed by atoms with Crippen molar-refractivity contribution in [1.82, 2.24) is 5.32 Å². The Kier molecular flexibility index (Phi) is 4.35. The third kappa shape index (κ3) is 3.08. The lowest BCUT2D eigenvalue weighted by atomic mass is 9.80. The number of aliphatic carboxylic acids is 1. The van der Waals surface area contributed by atoms with Gasteiger partial charge in [-0.1, -0.05) is 42.5 Å². The number of carboxylic acids is 1. The quantitative estimate of drug-likeness (QED) is 0.891. The fraction of sp³-hybridized carbons (Fsp3) is 0.316. The number of hydrogen-bond acceptors (Lipinski definition) is 3. The van der Waals surface area contributed by atoms with E-state index in [1.165, 1.54) is 0 Å². The van der Waals surface area contributed by atoms with Crippen molar-refractivity contribution in [2.45, 2.75) is 12.8 Å². The fourth-order valence-electron chi connectivity index (χ4n) is 3.28. The maximum atomic E-state index is 11.7. The van der Waals surface area contributed by atoms with Gasteiger partial charge in [-0.2, -0.15) is 0 Å². The molecule has 0 amide bonds. The minimum atomic E-state index is -0.717. The van der Waals surface area contributed by atoms with Crippen molar-refractivity contribution in [3.8, 4) is 16.9 Å². The van der Waals surface area contributed by atoms with Crippen LogP contribution in [-0.2, 0) is 11.2 Å². The Morgan fingerprint density at radius 2 is 2.09 bits per heavy atom. The standard InChI is InChI=1S/C19H21NO3/c1-23-17-8-3-2-7-16(17)15-6-4-5-14(11-15)12-19(18(21)22)9-10-20-13-19/h2-8,11,20H,9-10,12-13H2,1H3,(H,21,22)/t19-/m1/s1. The van der Waals surface area contributed by atoms with E-state index in [-0.39, 0.29) is 0 Å². The molecule has 4 heteroatoms. The zero-order valence-electron chi connectivity index (χ0n) is 13.2. The van der Waals surface area contributed by atoms with Crippen LogP contribution >= 0.6 is 0 Å². The van der Waals surface area contributed by atoms with Crippen molar-refractivity contribution < 1.29 is 14.6 Å². The van der Waals surface area contributed by atoms with Gasteiger partial charge >= 0.3 is 5.97 Å². The van der Waals surface area contributed by atoms with Gasteiger partial charge in [-0.3, -0.25) is 4.79 Å². The summed E-state index contributed by atoms with van der Waals surface area (Å²) >= 11 is 0. The first kappa shape index (κ1) is 15.6. The van der Waals surface area contributed by atoms with Crippen molar-refractivity contribution >= 4 is 5.97 Å². The fourth-order valence-corrected chi connectivity index (χ4v) is 3.28. The number of nitrogens with one attached hydrogen (secondary N) is 1. The molecule has 23 heavy (non-hydrogen) atoms. The smallest absolute Gasteiger partial charge is 0.311 e. The van der Waals surface area contributed by atoms with Gasteiger partial charge in [-0.25, -0.2) is 0 Å². The van der Waals surface area contributed by atoms with Crippen LogP contribution in [0.2, 0.25) is 0 Å². The Balaban J connectivity index is 1.93. The second-order valence-electron chi connectivity index (χ2n) is 6.09. The molecule has 0 saturated carbocycles. The van der Waals surface area contributed by atoms with Crippen molar-refractivity contribution in [3.05, 3.63) is 54.1 Å². The van der Waals surface area contributed by atoms with Gasteiger partial charge in [0.15, 0.2) is 0 Å². The molecule has 1 fully saturated rings.